The fraction of sp³-hybridized carbons (Fsp3) is 0.0909. The van der Waals surface area contributed by atoms with Crippen molar-refractivity contribution in [3.8, 4) is 0 Å². The maximum absolute atomic E-state index is 12.0. The van der Waals surface area contributed by atoms with Gasteiger partial charge in [-0.2, -0.15) is 0 Å². The number of pyridine rings is 1. The number of aromatic amines is 3. The minimum absolute atomic E-state index is 0.0519. The molecule has 0 spiro atoms. The highest BCUT2D eigenvalue weighted by Crippen LogP contribution is 2.20. The number of para-hydroxylation sites is 3. The number of benzene rings is 3. The average molecular weight is 880 g/mol. The van der Waals surface area contributed by atoms with Crippen LogP contribution in [0.4, 0.5) is 0 Å². The van der Waals surface area contributed by atoms with E-state index >= 15 is 0 Å². The summed E-state index contributed by atoms with van der Waals surface area (Å²) in [4.78, 5) is 104. The molecule has 18 heteroatoms. The first-order valence-electron chi connectivity index (χ1n) is 18.7. The normalized spacial score (nSPS) is 11.6. The standard InChI is InChI=1S/C15H11N3O2S.C15H12N2O2S.C14H10N4O2S/c19-13(10-4-3-7-16-8-10)9-21-15-17-12-6-2-1-5-11(12)14(20)18-15;18-13(10-5-1-2-6-10)9-20-15-16-12-8-4-3-7-11(12)14(19)17-15;19-12(11-7-15-5-6-16-11)8-21-14-17-10-4-2-1-3-9(10)13(20)18-14/h1-8H,9H2,(H,17,18,20);1-5,7-8H,6,9H2,(H,16,17,19);1-7H,8H2,(H,17,18,20). The highest BCUT2D eigenvalue weighted by atomic mass is 32.2. The predicted molar refractivity (Wildman–Crippen MR) is 241 cm³/mol. The summed E-state index contributed by atoms with van der Waals surface area (Å²) in [5.41, 5.74) is 2.95. The quantitative estimate of drug-likeness (QED) is 0.0681. The molecule has 5 heterocycles. The van der Waals surface area contributed by atoms with E-state index in [1.165, 1.54) is 60.1 Å². The second-order valence-electron chi connectivity index (χ2n) is 13.0. The maximum Gasteiger partial charge on any atom is 0.259 e. The Morgan fingerprint density at radius 2 is 1.02 bits per heavy atom. The molecular formula is C44H33N9O6S3. The Balaban J connectivity index is 0.000000140. The van der Waals surface area contributed by atoms with E-state index in [1.54, 1.807) is 72.9 Å². The van der Waals surface area contributed by atoms with Crippen LogP contribution in [0.1, 0.15) is 27.3 Å². The lowest BCUT2D eigenvalue weighted by Gasteiger charge is -2.03. The van der Waals surface area contributed by atoms with Gasteiger partial charge in [-0.15, -0.1) is 0 Å². The first-order valence-corrected chi connectivity index (χ1v) is 21.6. The van der Waals surface area contributed by atoms with Crippen LogP contribution in [0.3, 0.4) is 0 Å². The zero-order valence-electron chi connectivity index (χ0n) is 32.4. The molecule has 0 bridgehead atoms. The summed E-state index contributed by atoms with van der Waals surface area (Å²) in [6.45, 7) is 0. The second-order valence-corrected chi connectivity index (χ2v) is 15.8. The summed E-state index contributed by atoms with van der Waals surface area (Å²) in [6, 6.07) is 24.8. The van der Waals surface area contributed by atoms with Crippen molar-refractivity contribution in [3.05, 3.63) is 182 Å². The van der Waals surface area contributed by atoms with Crippen molar-refractivity contribution in [3.63, 3.8) is 0 Å². The van der Waals surface area contributed by atoms with Crippen molar-refractivity contribution < 1.29 is 14.4 Å². The fourth-order valence-electron chi connectivity index (χ4n) is 5.68. The van der Waals surface area contributed by atoms with Gasteiger partial charge in [-0.25, -0.2) is 19.9 Å². The number of thioether (sulfide) groups is 3. The van der Waals surface area contributed by atoms with Crippen molar-refractivity contribution >= 4 is 85.3 Å². The van der Waals surface area contributed by atoms with E-state index in [1.807, 2.05) is 36.4 Å². The molecule has 0 atom stereocenters. The molecule has 0 aliphatic heterocycles. The van der Waals surface area contributed by atoms with Crippen LogP contribution in [0.2, 0.25) is 0 Å². The highest BCUT2D eigenvalue weighted by molar-refractivity contribution is 8.00. The molecule has 62 heavy (non-hydrogen) atoms. The van der Waals surface area contributed by atoms with Gasteiger partial charge in [0.2, 0.25) is 0 Å². The Bertz CT molecular complexity index is 3010. The molecule has 9 rings (SSSR count). The van der Waals surface area contributed by atoms with Gasteiger partial charge in [0.05, 0.1) is 56.2 Å². The predicted octanol–water partition coefficient (Wildman–Crippen LogP) is 6.45. The topological polar surface area (TPSA) is 227 Å². The van der Waals surface area contributed by atoms with Crippen molar-refractivity contribution in [1.82, 2.24) is 44.9 Å². The zero-order chi connectivity index (χ0) is 43.3. The van der Waals surface area contributed by atoms with Gasteiger partial charge < -0.3 is 15.0 Å². The minimum atomic E-state index is -0.213. The van der Waals surface area contributed by atoms with Crippen LogP contribution >= 0.6 is 35.3 Å². The number of fused-ring (bicyclic) bond motifs is 3. The third-order valence-corrected chi connectivity index (χ3v) is 11.4. The average Bonchev–Trinajstić information content (AvgIpc) is 3.86. The molecule has 3 aromatic carbocycles. The largest absolute Gasteiger partial charge is 0.301 e. The molecule has 0 saturated carbocycles. The Hall–Kier alpha value is -7.15. The van der Waals surface area contributed by atoms with Gasteiger partial charge in [0.15, 0.2) is 32.8 Å². The van der Waals surface area contributed by atoms with E-state index in [0.29, 0.717) is 65.9 Å². The Morgan fingerprint density at radius 3 is 1.47 bits per heavy atom. The van der Waals surface area contributed by atoms with Gasteiger partial charge in [0.25, 0.3) is 16.7 Å². The molecule has 0 saturated heterocycles. The number of aromatic nitrogens is 9. The monoisotopic (exact) mass is 879 g/mol. The van der Waals surface area contributed by atoms with Crippen molar-refractivity contribution in [2.75, 3.05) is 17.3 Å². The smallest absolute Gasteiger partial charge is 0.259 e. The van der Waals surface area contributed by atoms with Gasteiger partial charge in [-0.05, 0) is 60.5 Å². The maximum atomic E-state index is 12.0. The number of ketones is 3. The Kier molecular flexibility index (Phi) is 14.5. The number of allylic oxidation sites excluding steroid dienone is 4. The van der Waals surface area contributed by atoms with Gasteiger partial charge in [-0.1, -0.05) is 89.9 Å². The van der Waals surface area contributed by atoms with Crippen LogP contribution in [0.5, 0.6) is 0 Å². The first-order chi connectivity index (χ1) is 30.2. The summed E-state index contributed by atoms with van der Waals surface area (Å²) in [6.07, 6.45) is 13.9. The number of carbonyl (C=O) groups is 3. The number of hydrogen-bond acceptors (Lipinski definition) is 15. The number of H-pyrrole nitrogens is 3. The molecular weight excluding hydrogens is 847 g/mol. The Morgan fingerprint density at radius 1 is 0.532 bits per heavy atom. The van der Waals surface area contributed by atoms with Gasteiger partial charge in [0.1, 0.15) is 5.69 Å². The van der Waals surface area contributed by atoms with Gasteiger partial charge in [-0.3, -0.25) is 38.7 Å². The van der Waals surface area contributed by atoms with Gasteiger partial charge in [0, 0.05) is 30.4 Å². The molecule has 1 aliphatic rings. The molecule has 0 amide bonds. The number of nitrogens with one attached hydrogen (secondary N) is 3. The van der Waals surface area contributed by atoms with Crippen LogP contribution in [0.15, 0.2) is 170 Å². The first kappa shape index (κ1) is 43.0. The SMILES string of the molecule is O=C(CSc1nc2ccccc2c(=O)[nH]1)C1=CC=CC1.O=C(CSc1nc2ccccc2c(=O)[nH]1)c1cccnc1.O=C(CSc1nc2ccccc2c(=O)[nH]1)c1cnccn1. The second kappa shape index (κ2) is 20.9. The fourth-order valence-corrected chi connectivity index (χ4v) is 7.96. The molecule has 8 aromatic rings. The summed E-state index contributed by atoms with van der Waals surface area (Å²) < 4.78 is 0. The van der Waals surface area contributed by atoms with Crippen molar-refractivity contribution in [2.45, 2.75) is 21.9 Å². The number of Topliss-reactive ketones (excluding diaryl/α,β-unsaturated/α-hetero) is 3. The molecule has 1 aliphatic carbocycles. The number of nitrogens with zero attached hydrogens (tertiary/aromatic N) is 6. The van der Waals surface area contributed by atoms with E-state index in [4.69, 9.17) is 0 Å². The zero-order valence-corrected chi connectivity index (χ0v) is 34.8. The number of hydrogen-bond donors (Lipinski definition) is 3. The van der Waals surface area contributed by atoms with Crippen molar-refractivity contribution in [2.24, 2.45) is 0 Å². The van der Waals surface area contributed by atoms with Crippen molar-refractivity contribution in [1.29, 1.82) is 0 Å². The summed E-state index contributed by atoms with van der Waals surface area (Å²) in [5, 5.41) is 2.97. The molecule has 0 unspecified atom stereocenters. The molecule has 5 aromatic heterocycles. The van der Waals surface area contributed by atoms with Crippen LogP contribution in [-0.2, 0) is 4.79 Å². The number of carbonyl (C=O) groups excluding carboxylic acids is 3. The molecule has 0 radical (unpaired) electrons. The third kappa shape index (κ3) is 11.4. The minimum Gasteiger partial charge on any atom is -0.301 e. The lowest BCUT2D eigenvalue weighted by atomic mass is 10.2. The van der Waals surface area contributed by atoms with E-state index in [0.717, 1.165) is 5.57 Å². The Labute approximate surface area is 364 Å². The van der Waals surface area contributed by atoms with Crippen LogP contribution in [0.25, 0.3) is 32.7 Å². The van der Waals surface area contributed by atoms with Gasteiger partial charge >= 0.3 is 0 Å². The lowest BCUT2D eigenvalue weighted by molar-refractivity contribution is -0.113. The van der Waals surface area contributed by atoms with E-state index < -0.39 is 0 Å². The lowest BCUT2D eigenvalue weighted by Crippen LogP contribution is -2.11. The summed E-state index contributed by atoms with van der Waals surface area (Å²) in [5.74, 6) is 0.491. The number of rotatable bonds is 12. The van der Waals surface area contributed by atoms with E-state index in [2.05, 4.69) is 44.9 Å². The van der Waals surface area contributed by atoms with Crippen LogP contribution in [-0.4, -0.2) is 79.5 Å². The molecule has 0 fully saturated rings. The highest BCUT2D eigenvalue weighted by Gasteiger charge is 2.14. The molecule has 3 N–H and O–H groups in total. The van der Waals surface area contributed by atoms with E-state index in [-0.39, 0.29) is 51.3 Å². The summed E-state index contributed by atoms with van der Waals surface area (Å²) in [7, 11) is 0. The third-order valence-electron chi connectivity index (χ3n) is 8.76. The van der Waals surface area contributed by atoms with Crippen LogP contribution < -0.4 is 16.7 Å². The molecule has 15 nitrogen and oxygen atoms in total. The van der Waals surface area contributed by atoms with E-state index in [9.17, 15) is 28.8 Å². The summed E-state index contributed by atoms with van der Waals surface area (Å²) >= 11 is 3.64. The molecule has 308 valence electrons. The van der Waals surface area contributed by atoms with Crippen LogP contribution in [0, 0.1) is 0 Å².